The molecular formula is C10H8BrClN2O2. The lowest BCUT2D eigenvalue weighted by Gasteiger charge is -2.08. The largest absolute Gasteiger partial charge is 0.493 e. The third-order valence-electron chi connectivity index (χ3n) is 2.09. The van der Waals surface area contributed by atoms with Gasteiger partial charge in [-0.2, -0.15) is 0 Å². The molecule has 0 atom stereocenters. The van der Waals surface area contributed by atoms with E-state index in [4.69, 9.17) is 21.1 Å². The summed E-state index contributed by atoms with van der Waals surface area (Å²) in [4.78, 5) is 8.43. The van der Waals surface area contributed by atoms with Crippen LogP contribution in [0.2, 0.25) is 5.15 Å². The predicted octanol–water partition coefficient (Wildman–Crippen LogP) is 3.06. The van der Waals surface area contributed by atoms with Gasteiger partial charge in [0.2, 0.25) is 0 Å². The molecule has 0 aliphatic heterocycles. The number of rotatable bonds is 2. The molecule has 1 aromatic carbocycles. The van der Waals surface area contributed by atoms with Crippen LogP contribution in [0.25, 0.3) is 11.0 Å². The van der Waals surface area contributed by atoms with Crippen molar-refractivity contribution in [1.82, 2.24) is 9.97 Å². The Balaban J connectivity index is 2.73. The highest BCUT2D eigenvalue weighted by molar-refractivity contribution is 9.10. The maximum Gasteiger partial charge on any atom is 0.163 e. The van der Waals surface area contributed by atoms with Gasteiger partial charge in [0.05, 0.1) is 25.3 Å². The molecule has 16 heavy (non-hydrogen) atoms. The van der Waals surface area contributed by atoms with E-state index in [-0.39, 0.29) is 0 Å². The highest BCUT2D eigenvalue weighted by Crippen LogP contribution is 2.32. The Bertz CT molecular complexity index is 499. The van der Waals surface area contributed by atoms with E-state index < -0.39 is 0 Å². The molecule has 2 rings (SSSR count). The second kappa shape index (κ2) is 4.43. The van der Waals surface area contributed by atoms with Crippen LogP contribution in [0.15, 0.2) is 16.7 Å². The van der Waals surface area contributed by atoms with Crippen LogP contribution in [-0.2, 0) is 0 Å². The summed E-state index contributed by atoms with van der Waals surface area (Å²) >= 11 is 9.09. The maximum atomic E-state index is 5.86. The van der Waals surface area contributed by atoms with Gasteiger partial charge < -0.3 is 9.47 Å². The van der Waals surface area contributed by atoms with Crippen molar-refractivity contribution in [2.45, 2.75) is 0 Å². The van der Waals surface area contributed by atoms with Crippen LogP contribution >= 0.6 is 27.5 Å². The Kier molecular flexibility index (Phi) is 3.16. The van der Waals surface area contributed by atoms with Crippen molar-refractivity contribution in [1.29, 1.82) is 0 Å². The first-order valence-corrected chi connectivity index (χ1v) is 5.57. The first-order chi connectivity index (χ1) is 7.65. The molecule has 0 spiro atoms. The Morgan fingerprint density at radius 2 is 1.56 bits per heavy atom. The minimum Gasteiger partial charge on any atom is -0.493 e. The molecule has 0 aliphatic rings. The SMILES string of the molecule is COc1cc2nc(Cl)c(Br)nc2cc1OC. The number of hydrogen-bond donors (Lipinski definition) is 0. The van der Waals surface area contributed by atoms with E-state index in [1.807, 2.05) is 0 Å². The summed E-state index contributed by atoms with van der Waals surface area (Å²) in [6.45, 7) is 0. The summed E-state index contributed by atoms with van der Waals surface area (Å²) in [5.74, 6) is 1.21. The number of aromatic nitrogens is 2. The fourth-order valence-corrected chi connectivity index (χ4v) is 1.75. The zero-order valence-electron chi connectivity index (χ0n) is 8.62. The number of methoxy groups -OCH3 is 2. The molecule has 0 amide bonds. The second-order valence-corrected chi connectivity index (χ2v) is 4.11. The molecule has 84 valence electrons. The van der Waals surface area contributed by atoms with Crippen LogP contribution in [0.5, 0.6) is 11.5 Å². The molecule has 0 bridgehead atoms. The maximum absolute atomic E-state index is 5.86. The smallest absolute Gasteiger partial charge is 0.163 e. The van der Waals surface area contributed by atoms with Gasteiger partial charge >= 0.3 is 0 Å². The van der Waals surface area contributed by atoms with Gasteiger partial charge in [0.1, 0.15) is 4.60 Å². The molecule has 0 unspecified atom stereocenters. The first kappa shape index (κ1) is 11.4. The summed E-state index contributed by atoms with van der Waals surface area (Å²) in [5, 5.41) is 0.319. The summed E-state index contributed by atoms with van der Waals surface area (Å²) in [6.07, 6.45) is 0. The summed E-state index contributed by atoms with van der Waals surface area (Å²) < 4.78 is 10.8. The lowest BCUT2D eigenvalue weighted by molar-refractivity contribution is 0.355. The molecule has 1 aromatic heterocycles. The monoisotopic (exact) mass is 302 g/mol. The summed E-state index contributed by atoms with van der Waals surface area (Å²) in [6, 6.07) is 3.49. The Labute approximate surface area is 106 Å². The zero-order chi connectivity index (χ0) is 11.7. The summed E-state index contributed by atoms with van der Waals surface area (Å²) in [5.41, 5.74) is 1.35. The predicted molar refractivity (Wildman–Crippen MR) is 65.4 cm³/mol. The van der Waals surface area contributed by atoms with E-state index >= 15 is 0 Å². The van der Waals surface area contributed by atoms with E-state index in [0.29, 0.717) is 32.3 Å². The zero-order valence-corrected chi connectivity index (χ0v) is 11.0. The quantitative estimate of drug-likeness (QED) is 0.855. The minimum absolute atomic E-state index is 0.319. The highest BCUT2D eigenvalue weighted by Gasteiger charge is 2.10. The molecule has 0 saturated heterocycles. The van der Waals surface area contributed by atoms with Gasteiger partial charge in [0.25, 0.3) is 0 Å². The number of nitrogens with zero attached hydrogens (tertiary/aromatic N) is 2. The number of halogens is 2. The lowest BCUT2D eigenvalue weighted by Crippen LogP contribution is -1.93. The molecule has 6 heteroatoms. The van der Waals surface area contributed by atoms with Gasteiger partial charge in [-0.3, -0.25) is 0 Å². The minimum atomic E-state index is 0.319. The van der Waals surface area contributed by atoms with Crippen molar-refractivity contribution < 1.29 is 9.47 Å². The number of fused-ring (bicyclic) bond motifs is 1. The van der Waals surface area contributed by atoms with E-state index in [0.717, 1.165) is 0 Å². The van der Waals surface area contributed by atoms with Gasteiger partial charge in [0.15, 0.2) is 16.7 Å². The number of hydrogen-bond acceptors (Lipinski definition) is 4. The molecule has 0 aliphatic carbocycles. The first-order valence-electron chi connectivity index (χ1n) is 4.40. The van der Waals surface area contributed by atoms with Crippen molar-refractivity contribution in [3.8, 4) is 11.5 Å². The number of ether oxygens (including phenoxy) is 2. The van der Waals surface area contributed by atoms with Crippen molar-refractivity contribution >= 4 is 38.6 Å². The van der Waals surface area contributed by atoms with Gasteiger partial charge in [-0.1, -0.05) is 11.6 Å². The average Bonchev–Trinajstić information content (AvgIpc) is 2.29. The van der Waals surface area contributed by atoms with E-state index in [2.05, 4.69) is 25.9 Å². The Morgan fingerprint density at radius 1 is 1.06 bits per heavy atom. The molecule has 0 fully saturated rings. The fourth-order valence-electron chi connectivity index (χ4n) is 1.34. The summed E-state index contributed by atoms with van der Waals surface area (Å²) in [7, 11) is 3.14. The fraction of sp³-hybridized carbons (Fsp3) is 0.200. The average molecular weight is 304 g/mol. The molecule has 0 radical (unpaired) electrons. The van der Waals surface area contributed by atoms with Crippen molar-refractivity contribution in [3.63, 3.8) is 0 Å². The molecule has 4 nitrogen and oxygen atoms in total. The standard InChI is InChI=1S/C10H8BrClN2O2/c1-15-7-3-5-6(4-8(7)16-2)14-10(12)9(11)13-5/h3-4H,1-2H3. The van der Waals surface area contributed by atoms with E-state index in [9.17, 15) is 0 Å². The number of benzene rings is 1. The molecule has 0 saturated carbocycles. The second-order valence-electron chi connectivity index (χ2n) is 3.00. The van der Waals surface area contributed by atoms with Gasteiger partial charge in [-0.05, 0) is 15.9 Å². The normalized spacial score (nSPS) is 10.5. The van der Waals surface area contributed by atoms with Gasteiger partial charge in [0, 0.05) is 12.1 Å². The molecule has 1 heterocycles. The van der Waals surface area contributed by atoms with E-state index in [1.54, 1.807) is 26.4 Å². The van der Waals surface area contributed by atoms with E-state index in [1.165, 1.54) is 0 Å². The highest BCUT2D eigenvalue weighted by atomic mass is 79.9. The Hall–Kier alpha value is -1.07. The van der Waals surface area contributed by atoms with Crippen molar-refractivity contribution in [3.05, 3.63) is 21.9 Å². The van der Waals surface area contributed by atoms with Crippen LogP contribution in [0.4, 0.5) is 0 Å². The third-order valence-corrected chi connectivity index (χ3v) is 3.13. The molecule has 2 aromatic rings. The molecular weight excluding hydrogens is 295 g/mol. The van der Waals surface area contributed by atoms with Gasteiger partial charge in [-0.15, -0.1) is 0 Å². The third kappa shape index (κ3) is 1.92. The Morgan fingerprint density at radius 3 is 2.06 bits per heavy atom. The topological polar surface area (TPSA) is 44.2 Å². The van der Waals surface area contributed by atoms with Crippen LogP contribution in [-0.4, -0.2) is 24.2 Å². The van der Waals surface area contributed by atoms with Crippen LogP contribution in [0.3, 0.4) is 0 Å². The van der Waals surface area contributed by atoms with Crippen LogP contribution < -0.4 is 9.47 Å². The van der Waals surface area contributed by atoms with Gasteiger partial charge in [-0.25, -0.2) is 9.97 Å². The molecule has 0 N–H and O–H groups in total. The van der Waals surface area contributed by atoms with Crippen molar-refractivity contribution in [2.24, 2.45) is 0 Å². The van der Waals surface area contributed by atoms with Crippen LogP contribution in [0.1, 0.15) is 0 Å². The van der Waals surface area contributed by atoms with Crippen LogP contribution in [0, 0.1) is 0 Å². The lowest BCUT2D eigenvalue weighted by atomic mass is 10.2. The van der Waals surface area contributed by atoms with Crippen molar-refractivity contribution in [2.75, 3.05) is 14.2 Å².